The number of amides is 1. The van der Waals surface area contributed by atoms with E-state index in [4.69, 9.17) is 28.6 Å². The molecule has 0 bridgehead atoms. The molecule has 0 radical (unpaired) electrons. The highest BCUT2D eigenvalue weighted by Crippen LogP contribution is 2.44. The molecule has 18 heteroatoms. The van der Waals surface area contributed by atoms with E-state index in [1.165, 1.54) is 38.3 Å². The van der Waals surface area contributed by atoms with Crippen molar-refractivity contribution in [3.8, 4) is 5.75 Å². The Morgan fingerprint density at radius 3 is 2.44 bits per heavy atom. The topological polar surface area (TPSA) is 197 Å². The second-order valence-electron chi connectivity index (χ2n) is 9.70. The average Bonchev–Trinajstić information content (AvgIpc) is 3.15. The molecule has 1 fully saturated rings. The number of anilines is 1. The number of halogens is 2. The molecule has 43 heavy (non-hydrogen) atoms. The van der Waals surface area contributed by atoms with Gasteiger partial charge in [0.05, 0.1) is 12.7 Å². The highest BCUT2D eigenvalue weighted by Gasteiger charge is 2.59. The van der Waals surface area contributed by atoms with Gasteiger partial charge in [-0.3, -0.25) is 19.2 Å². The maximum Gasteiger partial charge on any atom is 0.413 e. The molecule has 1 aromatic carbocycles. The number of aromatic nitrogens is 2. The van der Waals surface area contributed by atoms with Gasteiger partial charge in [0.25, 0.3) is 0 Å². The minimum absolute atomic E-state index is 0.171. The lowest BCUT2D eigenvalue weighted by Gasteiger charge is -2.23. The zero-order valence-corrected chi connectivity index (χ0v) is 24.5. The molecule has 1 aromatic heterocycles. The van der Waals surface area contributed by atoms with Crippen molar-refractivity contribution in [2.75, 3.05) is 25.4 Å². The van der Waals surface area contributed by atoms with Crippen LogP contribution in [0.1, 0.15) is 32.6 Å². The number of esters is 1. The van der Waals surface area contributed by atoms with E-state index >= 15 is 0 Å². The van der Waals surface area contributed by atoms with Gasteiger partial charge >= 0.3 is 31.2 Å². The number of aliphatic hydroxyl groups excluding tert-OH is 2. The summed E-state index contributed by atoms with van der Waals surface area (Å²) < 4.78 is 68.0. The molecule has 1 amide bonds. The first-order chi connectivity index (χ1) is 20.2. The molecule has 0 spiro atoms. The average molecular weight is 635 g/mol. The van der Waals surface area contributed by atoms with Crippen LogP contribution in [0.3, 0.4) is 0 Å². The van der Waals surface area contributed by atoms with Crippen LogP contribution in [0.5, 0.6) is 5.75 Å². The first-order valence-electron chi connectivity index (χ1n) is 12.9. The third-order valence-electron chi connectivity index (χ3n) is 5.81. The SMILES string of the molecule is COCP(=O)(N[C@@H](C)C(=O)OC(C)C)Oc1ccc(COC(=O)Nc2ccn([C@@H]3O[C@H](CO)C(O)C3(F)F)c(=O)n2)cc1. The van der Waals surface area contributed by atoms with Crippen molar-refractivity contribution in [3.63, 3.8) is 0 Å². The molecule has 1 saturated heterocycles. The van der Waals surface area contributed by atoms with E-state index < -0.39 is 62.3 Å². The number of benzene rings is 1. The van der Waals surface area contributed by atoms with Gasteiger partial charge in [-0.1, -0.05) is 12.1 Å². The molecule has 2 aromatic rings. The van der Waals surface area contributed by atoms with Gasteiger partial charge in [0.2, 0.25) is 6.23 Å². The maximum atomic E-state index is 14.3. The van der Waals surface area contributed by atoms with Crippen molar-refractivity contribution in [1.29, 1.82) is 0 Å². The fraction of sp³-hybridized carbons (Fsp3) is 0.520. The third-order valence-corrected chi connectivity index (χ3v) is 7.70. The Bertz CT molecular complexity index is 1380. The summed E-state index contributed by atoms with van der Waals surface area (Å²) in [6.07, 6.45) is -6.97. The van der Waals surface area contributed by atoms with Gasteiger partial charge in [0, 0.05) is 13.3 Å². The fourth-order valence-corrected chi connectivity index (χ4v) is 5.51. The standard InChI is InChI=1S/C25H33F2N4O11P/c1-14(2)40-21(34)15(3)30-43(37,13-38-4)42-17-7-5-16(6-8-17)12-39-24(36)29-19-9-10-31(23(35)28-19)22-25(26,27)20(33)18(11-32)41-22/h5-10,14-15,18,20,22,32-33H,11-13H2,1-4H3,(H,30,37)(H,28,29,35,36)/t15-,18+,20?,22+,43?/m0/s1. The van der Waals surface area contributed by atoms with E-state index in [1.54, 1.807) is 13.8 Å². The predicted molar refractivity (Wildman–Crippen MR) is 145 cm³/mol. The first kappa shape index (κ1) is 34.0. The number of ether oxygens (including phenoxy) is 4. The summed E-state index contributed by atoms with van der Waals surface area (Å²) in [5.74, 6) is -4.63. The molecule has 15 nitrogen and oxygen atoms in total. The minimum Gasteiger partial charge on any atom is -0.462 e. The summed E-state index contributed by atoms with van der Waals surface area (Å²) in [6, 6.07) is 6.05. The van der Waals surface area contributed by atoms with Crippen LogP contribution in [0.15, 0.2) is 41.3 Å². The van der Waals surface area contributed by atoms with Crippen LogP contribution in [-0.2, 0) is 34.9 Å². The number of carbonyl (C=O) groups excluding carboxylic acids is 2. The molecule has 1 aliphatic rings. The Balaban J connectivity index is 1.56. The van der Waals surface area contributed by atoms with E-state index in [0.29, 0.717) is 10.1 Å². The molecule has 4 N–H and O–H groups in total. The highest BCUT2D eigenvalue weighted by atomic mass is 31.2. The smallest absolute Gasteiger partial charge is 0.413 e. The van der Waals surface area contributed by atoms with E-state index in [1.807, 2.05) is 0 Å². The number of aliphatic hydroxyl groups is 2. The maximum absolute atomic E-state index is 14.3. The summed E-state index contributed by atoms with van der Waals surface area (Å²) in [7, 11) is -2.36. The van der Waals surface area contributed by atoms with Crippen LogP contribution in [0.2, 0.25) is 0 Å². The molecular weight excluding hydrogens is 601 g/mol. The molecule has 3 rings (SSSR count). The largest absolute Gasteiger partial charge is 0.462 e. The molecule has 5 atom stereocenters. The lowest BCUT2D eigenvalue weighted by Crippen LogP contribution is -2.41. The summed E-state index contributed by atoms with van der Waals surface area (Å²) in [6.45, 7) is 3.71. The number of methoxy groups -OCH3 is 1. The van der Waals surface area contributed by atoms with Gasteiger partial charge < -0.3 is 33.7 Å². The van der Waals surface area contributed by atoms with Crippen LogP contribution in [0.4, 0.5) is 19.4 Å². The van der Waals surface area contributed by atoms with Crippen molar-refractivity contribution in [2.45, 2.75) is 63.9 Å². The van der Waals surface area contributed by atoms with Gasteiger partial charge in [0.1, 0.15) is 36.7 Å². The van der Waals surface area contributed by atoms with Gasteiger partial charge in [-0.15, -0.1) is 0 Å². The number of nitrogens with zero attached hydrogens (tertiary/aromatic N) is 2. The van der Waals surface area contributed by atoms with Crippen molar-refractivity contribution in [3.05, 3.63) is 52.6 Å². The van der Waals surface area contributed by atoms with Crippen molar-refractivity contribution < 1.29 is 56.6 Å². The molecule has 1 aliphatic heterocycles. The number of hydrogen-bond donors (Lipinski definition) is 4. The van der Waals surface area contributed by atoms with Crippen LogP contribution in [0, 0.1) is 0 Å². The molecule has 238 valence electrons. The third kappa shape index (κ3) is 8.78. The number of alkyl halides is 2. The highest BCUT2D eigenvalue weighted by molar-refractivity contribution is 7.57. The predicted octanol–water partition coefficient (Wildman–Crippen LogP) is 1.98. The molecule has 2 heterocycles. The van der Waals surface area contributed by atoms with Crippen molar-refractivity contribution in [2.24, 2.45) is 0 Å². The van der Waals surface area contributed by atoms with Crippen molar-refractivity contribution in [1.82, 2.24) is 14.6 Å². The zero-order chi connectivity index (χ0) is 31.9. The summed E-state index contributed by atoms with van der Waals surface area (Å²) in [5, 5.41) is 23.6. The minimum atomic E-state index is -3.88. The van der Waals surface area contributed by atoms with Crippen LogP contribution in [-0.4, -0.2) is 82.2 Å². The second kappa shape index (κ2) is 14.3. The molecule has 0 aliphatic carbocycles. The summed E-state index contributed by atoms with van der Waals surface area (Å²) in [5.41, 5.74) is -0.720. The molecular formula is C25H33F2N4O11P. The number of carbonyl (C=O) groups is 2. The van der Waals surface area contributed by atoms with Crippen LogP contribution < -0.4 is 20.6 Å². The second-order valence-corrected chi connectivity index (χ2v) is 11.7. The molecule has 2 unspecified atom stereocenters. The van der Waals surface area contributed by atoms with E-state index in [0.717, 1.165) is 12.3 Å². The number of rotatable bonds is 13. The van der Waals surface area contributed by atoms with Gasteiger partial charge in [-0.2, -0.15) is 13.8 Å². The Labute approximate surface area is 244 Å². The van der Waals surface area contributed by atoms with E-state index in [9.17, 15) is 32.8 Å². The Morgan fingerprint density at radius 1 is 1.21 bits per heavy atom. The lowest BCUT2D eigenvalue weighted by molar-refractivity contribution is -0.149. The van der Waals surface area contributed by atoms with Gasteiger partial charge in [0.15, 0.2) is 6.10 Å². The van der Waals surface area contributed by atoms with E-state index in [-0.39, 0.29) is 30.6 Å². The summed E-state index contributed by atoms with van der Waals surface area (Å²) in [4.78, 5) is 40.1. The Hall–Kier alpha value is -3.47. The zero-order valence-electron chi connectivity index (χ0n) is 23.6. The monoisotopic (exact) mass is 634 g/mol. The van der Waals surface area contributed by atoms with Gasteiger partial charge in [-0.05, 0) is 44.5 Å². The van der Waals surface area contributed by atoms with E-state index in [2.05, 4.69) is 15.4 Å². The number of hydrogen-bond acceptors (Lipinski definition) is 12. The normalized spacial score (nSPS) is 21.6. The Morgan fingerprint density at radius 2 is 1.88 bits per heavy atom. The summed E-state index contributed by atoms with van der Waals surface area (Å²) >= 11 is 0. The quantitative estimate of drug-likeness (QED) is 0.185. The molecule has 0 saturated carbocycles. The van der Waals surface area contributed by atoms with Gasteiger partial charge in [-0.25, -0.2) is 14.7 Å². The fourth-order valence-electron chi connectivity index (χ4n) is 3.83. The lowest BCUT2D eigenvalue weighted by atomic mass is 10.1. The Kier molecular flexibility index (Phi) is 11.3. The first-order valence-corrected chi connectivity index (χ1v) is 14.7. The van der Waals surface area contributed by atoms with Crippen LogP contribution in [0.25, 0.3) is 0 Å². The van der Waals surface area contributed by atoms with Crippen LogP contribution >= 0.6 is 7.52 Å². The number of nitrogens with one attached hydrogen (secondary N) is 2. The van der Waals surface area contributed by atoms with Crippen molar-refractivity contribution >= 4 is 25.4 Å².